The van der Waals surface area contributed by atoms with E-state index in [2.05, 4.69) is 4.72 Å². The summed E-state index contributed by atoms with van der Waals surface area (Å²) in [5, 5.41) is 0. The molecular formula is C18H29NO5S. The second kappa shape index (κ2) is 7.85. The van der Waals surface area contributed by atoms with Crippen LogP contribution in [0.3, 0.4) is 0 Å². The van der Waals surface area contributed by atoms with E-state index in [4.69, 9.17) is 9.47 Å². The van der Waals surface area contributed by atoms with Gasteiger partial charge in [-0.25, -0.2) is 8.42 Å². The molecule has 0 saturated heterocycles. The number of carbonyl (C=O) groups excluding carboxylic acids is 1. The van der Waals surface area contributed by atoms with E-state index in [1.165, 1.54) is 12.1 Å². The van der Waals surface area contributed by atoms with Crippen molar-refractivity contribution in [2.24, 2.45) is 0 Å². The number of sulfonamides is 1. The molecule has 1 N–H and O–H groups in total. The highest BCUT2D eigenvalue weighted by molar-refractivity contribution is 7.89. The molecule has 1 atom stereocenters. The maximum absolute atomic E-state index is 12.6. The monoisotopic (exact) mass is 371 g/mol. The van der Waals surface area contributed by atoms with Crippen LogP contribution in [0.5, 0.6) is 0 Å². The van der Waals surface area contributed by atoms with Gasteiger partial charge in [0.05, 0.1) is 17.1 Å². The highest BCUT2D eigenvalue weighted by atomic mass is 32.2. The van der Waals surface area contributed by atoms with Crippen LogP contribution in [0.1, 0.15) is 47.1 Å². The molecule has 0 aliphatic carbocycles. The van der Waals surface area contributed by atoms with E-state index in [9.17, 15) is 13.2 Å². The van der Waals surface area contributed by atoms with Crippen molar-refractivity contribution in [3.05, 3.63) is 29.8 Å². The zero-order chi connectivity index (χ0) is 19.5. The first-order chi connectivity index (χ1) is 11.2. The lowest BCUT2D eigenvalue weighted by Gasteiger charge is -2.27. The second-order valence-electron chi connectivity index (χ2n) is 7.94. The average molecular weight is 371 g/mol. The van der Waals surface area contributed by atoms with Gasteiger partial charge in [0.2, 0.25) is 10.0 Å². The molecule has 0 amide bonds. The summed E-state index contributed by atoms with van der Waals surface area (Å²) in [6.45, 7) is 12.4. The number of esters is 1. The predicted octanol–water partition coefficient (Wildman–Crippen LogP) is 2.80. The van der Waals surface area contributed by atoms with E-state index >= 15 is 0 Å². The zero-order valence-electron chi connectivity index (χ0n) is 16.0. The van der Waals surface area contributed by atoms with E-state index < -0.39 is 33.2 Å². The average Bonchev–Trinajstić information content (AvgIpc) is 2.41. The minimum absolute atomic E-state index is 0.0856. The van der Waals surface area contributed by atoms with Gasteiger partial charge in [-0.3, -0.25) is 4.79 Å². The van der Waals surface area contributed by atoms with Gasteiger partial charge in [0.25, 0.3) is 0 Å². The Balaban J connectivity index is 3.01. The summed E-state index contributed by atoms with van der Waals surface area (Å²) in [5.74, 6) is -0.674. The molecule has 7 heteroatoms. The topological polar surface area (TPSA) is 81.7 Å². The maximum Gasteiger partial charge on any atom is 0.327 e. The number of benzene rings is 1. The fraction of sp³-hybridized carbons (Fsp3) is 0.611. The molecule has 1 aromatic carbocycles. The van der Waals surface area contributed by atoms with Gasteiger partial charge in [0.15, 0.2) is 0 Å². The Morgan fingerprint density at radius 3 is 2.00 bits per heavy atom. The molecule has 1 rings (SSSR count). The van der Waals surface area contributed by atoms with Crippen LogP contribution < -0.4 is 4.72 Å². The molecule has 0 saturated carbocycles. The Labute approximate surface area is 151 Å². The van der Waals surface area contributed by atoms with Crippen LogP contribution in [0.4, 0.5) is 0 Å². The third kappa shape index (κ3) is 7.98. The van der Waals surface area contributed by atoms with Crippen LogP contribution in [0.2, 0.25) is 0 Å². The first-order valence-electron chi connectivity index (χ1n) is 8.15. The van der Waals surface area contributed by atoms with Crippen LogP contribution in [-0.2, 0) is 24.3 Å². The van der Waals surface area contributed by atoms with Gasteiger partial charge in [-0.2, -0.15) is 4.72 Å². The molecule has 0 spiro atoms. The Kier molecular flexibility index (Phi) is 6.78. The lowest BCUT2D eigenvalue weighted by Crippen LogP contribution is -2.48. The van der Waals surface area contributed by atoms with Crippen LogP contribution in [0, 0.1) is 6.92 Å². The van der Waals surface area contributed by atoms with E-state index in [0.717, 1.165) is 5.56 Å². The minimum Gasteiger partial charge on any atom is -0.459 e. The quantitative estimate of drug-likeness (QED) is 0.778. The fourth-order valence-electron chi connectivity index (χ4n) is 1.83. The van der Waals surface area contributed by atoms with Crippen LogP contribution >= 0.6 is 0 Å². The van der Waals surface area contributed by atoms with Crippen LogP contribution in [0.25, 0.3) is 0 Å². The third-order valence-electron chi connectivity index (χ3n) is 3.00. The summed E-state index contributed by atoms with van der Waals surface area (Å²) in [6.07, 6.45) is 0. The smallest absolute Gasteiger partial charge is 0.327 e. The van der Waals surface area contributed by atoms with Gasteiger partial charge in [-0.15, -0.1) is 0 Å². The maximum atomic E-state index is 12.6. The predicted molar refractivity (Wildman–Crippen MR) is 96.8 cm³/mol. The molecule has 0 bridgehead atoms. The fourth-order valence-corrected chi connectivity index (χ4v) is 3.00. The number of hydrogen-bond donors (Lipinski definition) is 1. The summed E-state index contributed by atoms with van der Waals surface area (Å²) in [5.41, 5.74) is -0.305. The lowest BCUT2D eigenvalue weighted by molar-refractivity contribution is -0.159. The van der Waals surface area contributed by atoms with E-state index in [-0.39, 0.29) is 11.5 Å². The summed E-state index contributed by atoms with van der Waals surface area (Å²) in [4.78, 5) is 12.5. The van der Waals surface area contributed by atoms with Crippen LogP contribution in [-0.4, -0.2) is 38.2 Å². The first-order valence-corrected chi connectivity index (χ1v) is 9.64. The van der Waals surface area contributed by atoms with E-state index in [1.807, 2.05) is 27.7 Å². The summed E-state index contributed by atoms with van der Waals surface area (Å²) < 4.78 is 38.5. The molecule has 142 valence electrons. The molecule has 0 aliphatic heterocycles. The molecule has 0 heterocycles. The molecule has 0 aromatic heterocycles. The molecule has 0 fully saturated rings. The highest BCUT2D eigenvalue weighted by Gasteiger charge is 2.31. The van der Waals surface area contributed by atoms with Gasteiger partial charge in [0, 0.05) is 0 Å². The minimum atomic E-state index is -3.88. The van der Waals surface area contributed by atoms with Gasteiger partial charge >= 0.3 is 5.97 Å². The number of ether oxygens (including phenoxy) is 2. The van der Waals surface area contributed by atoms with Crippen molar-refractivity contribution in [3.63, 3.8) is 0 Å². The Hall–Kier alpha value is -1.44. The van der Waals surface area contributed by atoms with Crippen molar-refractivity contribution >= 4 is 16.0 Å². The SMILES string of the molecule is Cc1ccc(S(=O)(=O)NC(COC(C)(C)C)C(=O)OC(C)(C)C)cc1. The van der Waals surface area contributed by atoms with Crippen LogP contribution in [0.15, 0.2) is 29.2 Å². The summed E-state index contributed by atoms with van der Waals surface area (Å²) >= 11 is 0. The Morgan fingerprint density at radius 1 is 1.04 bits per heavy atom. The van der Waals surface area contributed by atoms with Crippen molar-refractivity contribution in [2.75, 3.05) is 6.61 Å². The van der Waals surface area contributed by atoms with E-state index in [1.54, 1.807) is 32.9 Å². The molecule has 6 nitrogen and oxygen atoms in total. The molecule has 0 aliphatic rings. The second-order valence-corrected chi connectivity index (χ2v) is 9.66. The number of rotatable bonds is 6. The number of aryl methyl sites for hydroxylation is 1. The standard InChI is InChI=1S/C18H29NO5S/c1-13-8-10-14(11-9-13)25(21,22)19-15(12-23-17(2,3)4)16(20)24-18(5,6)7/h8-11,15,19H,12H2,1-7H3. The number of nitrogens with one attached hydrogen (secondary N) is 1. The van der Waals surface area contributed by atoms with Crippen molar-refractivity contribution in [1.29, 1.82) is 0 Å². The highest BCUT2D eigenvalue weighted by Crippen LogP contribution is 2.15. The lowest BCUT2D eigenvalue weighted by atomic mass is 10.2. The van der Waals surface area contributed by atoms with Crippen molar-refractivity contribution in [2.45, 2.75) is 70.6 Å². The summed E-state index contributed by atoms with van der Waals surface area (Å²) in [7, 11) is -3.88. The normalized spacial score (nSPS) is 14.2. The molecular weight excluding hydrogens is 342 g/mol. The molecule has 25 heavy (non-hydrogen) atoms. The molecule has 1 unspecified atom stereocenters. The van der Waals surface area contributed by atoms with Gasteiger partial charge in [0.1, 0.15) is 11.6 Å². The number of hydrogen-bond acceptors (Lipinski definition) is 5. The van der Waals surface area contributed by atoms with Crippen molar-refractivity contribution in [1.82, 2.24) is 4.72 Å². The van der Waals surface area contributed by atoms with Crippen molar-refractivity contribution in [3.8, 4) is 0 Å². The van der Waals surface area contributed by atoms with Crippen molar-refractivity contribution < 1.29 is 22.7 Å². The van der Waals surface area contributed by atoms with Gasteiger partial charge in [-0.05, 0) is 60.6 Å². The van der Waals surface area contributed by atoms with E-state index in [0.29, 0.717) is 0 Å². The first kappa shape index (κ1) is 21.6. The molecule has 1 aromatic rings. The number of carbonyl (C=O) groups is 1. The summed E-state index contributed by atoms with van der Waals surface area (Å²) in [6, 6.07) is 5.25. The third-order valence-corrected chi connectivity index (χ3v) is 4.49. The molecule has 0 radical (unpaired) electrons. The van der Waals surface area contributed by atoms with Gasteiger partial charge < -0.3 is 9.47 Å². The zero-order valence-corrected chi connectivity index (χ0v) is 16.9. The van der Waals surface area contributed by atoms with Gasteiger partial charge in [-0.1, -0.05) is 17.7 Å². The Morgan fingerprint density at radius 2 is 1.56 bits per heavy atom. The Bertz CT molecular complexity index is 682. The largest absolute Gasteiger partial charge is 0.459 e.